The van der Waals surface area contributed by atoms with Crippen molar-refractivity contribution in [2.24, 2.45) is 0 Å². The van der Waals surface area contributed by atoms with Crippen molar-refractivity contribution in [2.75, 3.05) is 13.0 Å². The van der Waals surface area contributed by atoms with E-state index in [-0.39, 0.29) is 31.5 Å². The maximum Gasteiger partial charge on any atom is 0.306 e. The van der Waals surface area contributed by atoms with Crippen LogP contribution in [0.25, 0.3) is 0 Å². The van der Waals surface area contributed by atoms with Gasteiger partial charge in [0.1, 0.15) is 11.5 Å². The molecule has 0 N–H and O–H groups in total. The molecule has 2 aromatic carbocycles. The summed E-state index contributed by atoms with van der Waals surface area (Å²) in [6.07, 6.45) is 2.52. The summed E-state index contributed by atoms with van der Waals surface area (Å²) < 4.78 is 43.8. The van der Waals surface area contributed by atoms with Gasteiger partial charge in [0.15, 0.2) is 11.5 Å². The number of nitrogens with zero attached hydrogens (tertiary/aromatic N) is 1. The number of rotatable bonds is 7. The third kappa shape index (κ3) is 4.74. The summed E-state index contributed by atoms with van der Waals surface area (Å²) in [4.78, 5) is 14.8. The first-order valence-corrected chi connectivity index (χ1v) is 10.9. The first-order valence-electron chi connectivity index (χ1n) is 9.07. The minimum atomic E-state index is -3.65. The molecule has 0 saturated carbocycles. The predicted molar refractivity (Wildman–Crippen MR) is 107 cm³/mol. The number of fused-ring (bicyclic) bond motifs is 1. The van der Waals surface area contributed by atoms with E-state index in [1.807, 2.05) is 0 Å². The zero-order valence-corrected chi connectivity index (χ0v) is 16.9. The fraction of sp³-hybridized carbons (Fsp3) is 0.190. The molecule has 0 bridgehead atoms. The van der Waals surface area contributed by atoms with Crippen LogP contribution in [0, 0.1) is 0 Å². The molecule has 8 nitrogen and oxygen atoms in total. The van der Waals surface area contributed by atoms with E-state index in [2.05, 4.69) is 0 Å². The lowest BCUT2D eigenvalue weighted by Crippen LogP contribution is -2.30. The van der Waals surface area contributed by atoms with Gasteiger partial charge in [-0.1, -0.05) is 12.1 Å². The summed E-state index contributed by atoms with van der Waals surface area (Å²) in [6, 6.07) is 15.1. The maximum atomic E-state index is 13.2. The number of furan rings is 1. The van der Waals surface area contributed by atoms with Crippen molar-refractivity contribution in [1.29, 1.82) is 0 Å². The lowest BCUT2D eigenvalue weighted by Gasteiger charge is -2.22. The van der Waals surface area contributed by atoms with Crippen LogP contribution < -0.4 is 13.7 Å². The van der Waals surface area contributed by atoms with Crippen LogP contribution in [0.4, 0.5) is 0 Å². The molecule has 0 atom stereocenters. The van der Waals surface area contributed by atoms with E-state index in [0.29, 0.717) is 28.4 Å². The number of hydrogen-bond donors (Lipinski definition) is 0. The van der Waals surface area contributed by atoms with Crippen molar-refractivity contribution in [2.45, 2.75) is 13.1 Å². The zero-order chi connectivity index (χ0) is 21.1. The average Bonchev–Trinajstić information content (AvgIpc) is 3.37. The zero-order valence-electron chi connectivity index (χ0n) is 16.1. The number of benzene rings is 2. The van der Waals surface area contributed by atoms with Crippen molar-refractivity contribution in [3.8, 4) is 17.2 Å². The molecular weight excluding hydrogens is 410 g/mol. The Kier molecular flexibility index (Phi) is 5.37. The molecule has 4 rings (SSSR count). The van der Waals surface area contributed by atoms with E-state index in [1.165, 1.54) is 0 Å². The molecule has 9 heteroatoms. The van der Waals surface area contributed by atoms with E-state index < -0.39 is 10.1 Å². The van der Waals surface area contributed by atoms with E-state index in [1.54, 1.807) is 65.8 Å². The van der Waals surface area contributed by atoms with Crippen molar-refractivity contribution < 1.29 is 31.3 Å². The second-order valence-corrected chi connectivity index (χ2v) is 8.32. The van der Waals surface area contributed by atoms with Crippen molar-refractivity contribution in [3.63, 3.8) is 0 Å². The molecule has 1 aromatic heterocycles. The van der Waals surface area contributed by atoms with Crippen LogP contribution in [0.1, 0.15) is 21.7 Å². The number of ether oxygens (including phenoxy) is 2. The van der Waals surface area contributed by atoms with Gasteiger partial charge in [0, 0.05) is 12.1 Å². The van der Waals surface area contributed by atoms with Crippen LogP contribution in [-0.2, 0) is 23.2 Å². The summed E-state index contributed by atoms with van der Waals surface area (Å²) in [7, 11) is -3.65. The number of hydrogen-bond acceptors (Lipinski definition) is 7. The normalized spacial score (nSPS) is 12.6. The molecule has 3 aromatic rings. The second-order valence-electron chi connectivity index (χ2n) is 6.74. The Morgan fingerprint density at radius 2 is 1.87 bits per heavy atom. The van der Waals surface area contributed by atoms with Gasteiger partial charge in [-0.15, -0.1) is 0 Å². The summed E-state index contributed by atoms with van der Waals surface area (Å²) in [5.74, 6) is 1.67. The van der Waals surface area contributed by atoms with E-state index in [4.69, 9.17) is 18.1 Å². The monoisotopic (exact) mass is 429 g/mol. The fourth-order valence-corrected chi connectivity index (χ4v) is 3.55. The molecule has 2 heterocycles. The maximum absolute atomic E-state index is 13.2. The van der Waals surface area contributed by atoms with Gasteiger partial charge < -0.3 is 23.0 Å². The van der Waals surface area contributed by atoms with Gasteiger partial charge in [-0.3, -0.25) is 4.79 Å². The Hall–Kier alpha value is -3.46. The molecule has 1 aliphatic rings. The van der Waals surface area contributed by atoms with Gasteiger partial charge in [-0.25, -0.2) is 0 Å². The highest BCUT2D eigenvalue weighted by molar-refractivity contribution is 7.86. The molecule has 0 unspecified atom stereocenters. The van der Waals surface area contributed by atoms with Crippen molar-refractivity contribution >= 4 is 16.0 Å². The SMILES string of the molecule is CS(=O)(=O)Oc1cccc(CN(Cc2ccco2)C(=O)c2ccc3c(c2)OCO3)c1. The standard InChI is InChI=1S/C21H19NO7S/c1-30(24,25)29-17-5-2-4-15(10-17)12-22(13-18-6-3-9-26-18)21(23)16-7-8-19-20(11-16)28-14-27-19/h2-11H,12-14H2,1H3. The lowest BCUT2D eigenvalue weighted by atomic mass is 10.1. The van der Waals surface area contributed by atoms with Gasteiger partial charge in [-0.05, 0) is 48.0 Å². The Morgan fingerprint density at radius 1 is 1.03 bits per heavy atom. The first-order chi connectivity index (χ1) is 14.4. The molecule has 156 valence electrons. The molecule has 1 aliphatic heterocycles. The Labute approximate surface area is 173 Å². The molecule has 30 heavy (non-hydrogen) atoms. The van der Waals surface area contributed by atoms with Crippen LogP contribution in [0.15, 0.2) is 65.3 Å². The fourth-order valence-electron chi connectivity index (χ4n) is 3.09. The van der Waals surface area contributed by atoms with E-state index >= 15 is 0 Å². The van der Waals surface area contributed by atoms with E-state index in [9.17, 15) is 13.2 Å². The summed E-state index contributed by atoms with van der Waals surface area (Å²) >= 11 is 0. The highest BCUT2D eigenvalue weighted by Gasteiger charge is 2.22. The van der Waals surface area contributed by atoms with Gasteiger partial charge in [-0.2, -0.15) is 8.42 Å². The summed E-state index contributed by atoms with van der Waals surface area (Å²) in [6.45, 7) is 0.572. The van der Waals surface area contributed by atoms with Crippen LogP contribution in [0.2, 0.25) is 0 Å². The van der Waals surface area contributed by atoms with Crippen LogP contribution in [0.3, 0.4) is 0 Å². The summed E-state index contributed by atoms with van der Waals surface area (Å²) in [5, 5.41) is 0. The molecule has 0 fully saturated rings. The van der Waals surface area contributed by atoms with E-state index in [0.717, 1.165) is 6.26 Å². The quantitative estimate of drug-likeness (QED) is 0.532. The summed E-state index contributed by atoms with van der Waals surface area (Å²) in [5.41, 5.74) is 1.14. The lowest BCUT2D eigenvalue weighted by molar-refractivity contribution is 0.0717. The van der Waals surface area contributed by atoms with Gasteiger partial charge in [0.25, 0.3) is 5.91 Å². The third-order valence-corrected chi connectivity index (χ3v) is 4.85. The van der Waals surface area contributed by atoms with Crippen molar-refractivity contribution in [1.82, 2.24) is 4.90 Å². The number of amides is 1. The largest absolute Gasteiger partial charge is 0.467 e. The third-order valence-electron chi connectivity index (χ3n) is 4.35. The Balaban J connectivity index is 1.60. The molecule has 0 spiro atoms. The highest BCUT2D eigenvalue weighted by atomic mass is 32.2. The predicted octanol–water partition coefficient (Wildman–Crippen LogP) is 3.19. The molecule has 1 amide bonds. The minimum Gasteiger partial charge on any atom is -0.467 e. The molecule has 0 radical (unpaired) electrons. The van der Waals surface area contributed by atoms with Crippen molar-refractivity contribution in [3.05, 3.63) is 77.7 Å². The molecule has 0 saturated heterocycles. The average molecular weight is 429 g/mol. The van der Waals surface area contributed by atoms with Gasteiger partial charge in [0.05, 0.1) is 19.1 Å². The van der Waals surface area contributed by atoms with Crippen LogP contribution in [-0.4, -0.2) is 32.3 Å². The first kappa shape index (κ1) is 19.8. The number of carbonyl (C=O) groups excluding carboxylic acids is 1. The second kappa shape index (κ2) is 8.11. The molecular formula is C21H19NO7S. The molecule has 0 aliphatic carbocycles. The van der Waals surface area contributed by atoms with Gasteiger partial charge >= 0.3 is 10.1 Å². The topological polar surface area (TPSA) is 95.3 Å². The Bertz CT molecular complexity index is 1160. The highest BCUT2D eigenvalue weighted by Crippen LogP contribution is 2.33. The Morgan fingerprint density at radius 3 is 2.63 bits per heavy atom. The van der Waals surface area contributed by atoms with Crippen LogP contribution in [0.5, 0.6) is 17.2 Å². The van der Waals surface area contributed by atoms with Crippen LogP contribution >= 0.6 is 0 Å². The number of carbonyl (C=O) groups is 1. The smallest absolute Gasteiger partial charge is 0.306 e. The minimum absolute atomic E-state index is 0.121. The van der Waals surface area contributed by atoms with Gasteiger partial charge in [0.2, 0.25) is 6.79 Å².